The van der Waals surface area contributed by atoms with Crippen LogP contribution in [0.3, 0.4) is 0 Å². The molecule has 0 bridgehead atoms. The van der Waals surface area contributed by atoms with Gasteiger partial charge in [0.2, 0.25) is 0 Å². The smallest absolute Gasteiger partial charge is 0.328 e. The number of nitrogens with one attached hydrogen (secondary N) is 1. The maximum atomic E-state index is 12.5. The van der Waals surface area contributed by atoms with Crippen LogP contribution in [0.15, 0.2) is 30.3 Å². The van der Waals surface area contributed by atoms with Crippen LogP contribution in [0.25, 0.3) is 0 Å². The Bertz CT molecular complexity index is 561. The van der Waals surface area contributed by atoms with Gasteiger partial charge in [0.1, 0.15) is 6.04 Å². The van der Waals surface area contributed by atoms with Crippen LogP contribution < -0.4 is 11.1 Å². The van der Waals surface area contributed by atoms with E-state index in [-0.39, 0.29) is 0 Å². The summed E-state index contributed by atoms with van der Waals surface area (Å²) in [4.78, 5) is 36.5. The fourth-order valence-electron chi connectivity index (χ4n) is 2.36. The van der Waals surface area contributed by atoms with Crippen molar-refractivity contribution in [3.8, 4) is 0 Å². The number of urea groups is 1. The van der Waals surface area contributed by atoms with E-state index in [0.29, 0.717) is 0 Å². The minimum Gasteiger partial charge on any atom is -0.454 e. The largest absolute Gasteiger partial charge is 0.454 e. The van der Waals surface area contributed by atoms with Crippen molar-refractivity contribution in [3.63, 3.8) is 0 Å². The van der Waals surface area contributed by atoms with Crippen molar-refractivity contribution < 1.29 is 19.1 Å². The van der Waals surface area contributed by atoms with Crippen molar-refractivity contribution in [3.05, 3.63) is 35.9 Å². The summed E-state index contributed by atoms with van der Waals surface area (Å²) in [5.41, 5.74) is 5.66. The molecule has 1 saturated heterocycles. The summed E-state index contributed by atoms with van der Waals surface area (Å²) in [6.45, 7) is 1.01. The highest BCUT2D eigenvalue weighted by atomic mass is 32.2. The molecule has 0 radical (unpaired) electrons. The van der Waals surface area contributed by atoms with Gasteiger partial charge in [-0.1, -0.05) is 30.3 Å². The summed E-state index contributed by atoms with van der Waals surface area (Å²) in [6.07, 6.45) is 0. The predicted octanol–water partition coefficient (Wildman–Crippen LogP) is 0.515. The summed E-state index contributed by atoms with van der Waals surface area (Å²) < 4.78 is 5.07. The summed E-state index contributed by atoms with van der Waals surface area (Å²) >= 11 is 1.84. The van der Waals surface area contributed by atoms with Crippen LogP contribution in [-0.4, -0.2) is 54.0 Å². The highest BCUT2D eigenvalue weighted by Crippen LogP contribution is 2.25. The van der Waals surface area contributed by atoms with E-state index in [1.165, 1.54) is 0 Å². The molecule has 23 heavy (non-hydrogen) atoms. The molecule has 2 rings (SSSR count). The maximum absolute atomic E-state index is 12.5. The maximum Gasteiger partial charge on any atom is 0.328 e. The molecule has 1 aromatic carbocycles. The molecule has 3 amide bonds. The number of carbonyl (C=O) groups is 3. The lowest BCUT2D eigenvalue weighted by Crippen LogP contribution is -2.42. The Balaban J connectivity index is 2.05. The van der Waals surface area contributed by atoms with Gasteiger partial charge in [-0.3, -0.25) is 15.0 Å². The van der Waals surface area contributed by atoms with Gasteiger partial charge in [0.05, 0.1) is 0 Å². The van der Waals surface area contributed by atoms with E-state index in [1.54, 1.807) is 0 Å². The second-order valence-electron chi connectivity index (χ2n) is 4.98. The number of imide groups is 1. The van der Waals surface area contributed by atoms with Crippen LogP contribution in [0.4, 0.5) is 4.79 Å². The van der Waals surface area contributed by atoms with Crippen LogP contribution in [0, 0.1) is 0 Å². The van der Waals surface area contributed by atoms with Crippen molar-refractivity contribution >= 4 is 29.7 Å². The molecule has 3 N–H and O–H groups in total. The Labute approximate surface area is 138 Å². The molecular formula is C15H19N3O4S. The van der Waals surface area contributed by atoms with Crippen LogP contribution in [-0.2, 0) is 14.3 Å². The van der Waals surface area contributed by atoms with Gasteiger partial charge in [-0.05, 0) is 5.56 Å². The van der Waals surface area contributed by atoms with Crippen LogP contribution in [0.5, 0.6) is 0 Å². The highest BCUT2D eigenvalue weighted by molar-refractivity contribution is 7.99. The Morgan fingerprint density at radius 2 is 1.87 bits per heavy atom. The SMILES string of the molecule is NC(=O)NC(=O)COC(=O)[C@H](c1ccccc1)N1CCSCC1. The third kappa shape index (κ3) is 5.26. The van der Waals surface area contributed by atoms with E-state index < -0.39 is 30.6 Å². The first kappa shape index (κ1) is 17.3. The molecule has 0 unspecified atom stereocenters. The molecule has 1 fully saturated rings. The molecular weight excluding hydrogens is 318 g/mol. The van der Waals surface area contributed by atoms with Gasteiger partial charge < -0.3 is 10.5 Å². The number of rotatable bonds is 5. The normalized spacial score (nSPS) is 16.3. The average molecular weight is 337 g/mol. The van der Waals surface area contributed by atoms with Gasteiger partial charge in [-0.25, -0.2) is 9.59 Å². The Morgan fingerprint density at radius 3 is 2.48 bits per heavy atom. The molecule has 0 spiro atoms. The zero-order valence-electron chi connectivity index (χ0n) is 12.6. The van der Waals surface area contributed by atoms with E-state index in [4.69, 9.17) is 10.5 Å². The molecule has 1 aliphatic rings. The van der Waals surface area contributed by atoms with Crippen molar-refractivity contribution in [2.24, 2.45) is 5.73 Å². The van der Waals surface area contributed by atoms with Gasteiger partial charge in [0.25, 0.3) is 5.91 Å². The Hall–Kier alpha value is -2.06. The van der Waals surface area contributed by atoms with E-state index in [0.717, 1.165) is 30.2 Å². The van der Waals surface area contributed by atoms with Gasteiger partial charge >= 0.3 is 12.0 Å². The number of esters is 1. The molecule has 1 atom stereocenters. The molecule has 0 aliphatic carbocycles. The Morgan fingerprint density at radius 1 is 1.22 bits per heavy atom. The zero-order chi connectivity index (χ0) is 16.7. The van der Waals surface area contributed by atoms with Crippen molar-refractivity contribution in [1.82, 2.24) is 10.2 Å². The first-order valence-corrected chi connectivity index (χ1v) is 8.36. The number of hydrogen-bond acceptors (Lipinski definition) is 6. The lowest BCUT2D eigenvalue weighted by molar-refractivity contribution is -0.154. The number of amides is 3. The average Bonchev–Trinajstić information content (AvgIpc) is 2.55. The number of ether oxygens (including phenoxy) is 1. The van der Waals surface area contributed by atoms with E-state index in [9.17, 15) is 14.4 Å². The number of nitrogens with two attached hydrogens (primary N) is 1. The summed E-state index contributed by atoms with van der Waals surface area (Å²) in [5.74, 6) is 0.631. The highest BCUT2D eigenvalue weighted by Gasteiger charge is 2.30. The summed E-state index contributed by atoms with van der Waals surface area (Å²) in [5, 5.41) is 1.86. The molecule has 1 aromatic rings. The number of thioether (sulfide) groups is 1. The van der Waals surface area contributed by atoms with Gasteiger partial charge in [0, 0.05) is 24.6 Å². The fraction of sp³-hybridized carbons (Fsp3) is 0.400. The first-order valence-electron chi connectivity index (χ1n) is 7.20. The van der Waals surface area contributed by atoms with Crippen molar-refractivity contribution in [2.45, 2.75) is 6.04 Å². The third-order valence-corrected chi connectivity index (χ3v) is 4.30. The molecule has 8 heteroatoms. The van der Waals surface area contributed by atoms with Crippen molar-refractivity contribution in [1.29, 1.82) is 0 Å². The second-order valence-corrected chi connectivity index (χ2v) is 6.21. The molecule has 0 aromatic heterocycles. The standard InChI is InChI=1S/C15H19N3O4S/c16-15(21)17-12(19)10-22-14(20)13(11-4-2-1-3-5-11)18-6-8-23-9-7-18/h1-5,13H,6-10H2,(H3,16,17,19,21)/t13-/m0/s1. The van der Waals surface area contributed by atoms with Crippen LogP contribution >= 0.6 is 11.8 Å². The molecule has 1 heterocycles. The number of hydrogen-bond donors (Lipinski definition) is 2. The molecule has 0 saturated carbocycles. The lowest BCUT2D eigenvalue weighted by Gasteiger charge is -2.32. The van der Waals surface area contributed by atoms with Crippen LogP contribution in [0.1, 0.15) is 11.6 Å². The van der Waals surface area contributed by atoms with Gasteiger partial charge in [-0.15, -0.1) is 0 Å². The predicted molar refractivity (Wildman–Crippen MR) is 86.8 cm³/mol. The second kappa shape index (κ2) is 8.54. The fourth-order valence-corrected chi connectivity index (χ4v) is 3.29. The van der Waals surface area contributed by atoms with E-state index in [1.807, 2.05) is 52.3 Å². The summed E-state index contributed by atoms with van der Waals surface area (Å²) in [6, 6.07) is 7.77. The number of primary amides is 1. The quantitative estimate of drug-likeness (QED) is 0.759. The van der Waals surface area contributed by atoms with Gasteiger partial charge in [0.15, 0.2) is 6.61 Å². The number of nitrogens with zero attached hydrogens (tertiary/aromatic N) is 1. The topological polar surface area (TPSA) is 102 Å². The molecule has 7 nitrogen and oxygen atoms in total. The van der Waals surface area contributed by atoms with Crippen LogP contribution in [0.2, 0.25) is 0 Å². The van der Waals surface area contributed by atoms with Gasteiger partial charge in [-0.2, -0.15) is 11.8 Å². The third-order valence-electron chi connectivity index (χ3n) is 3.36. The lowest BCUT2D eigenvalue weighted by atomic mass is 10.1. The van der Waals surface area contributed by atoms with E-state index in [2.05, 4.69) is 0 Å². The number of benzene rings is 1. The van der Waals surface area contributed by atoms with Crippen molar-refractivity contribution in [2.75, 3.05) is 31.2 Å². The minimum absolute atomic E-state index is 0.511. The molecule has 1 aliphatic heterocycles. The Kier molecular flexibility index (Phi) is 6.42. The zero-order valence-corrected chi connectivity index (χ0v) is 13.4. The number of carbonyl (C=O) groups excluding carboxylic acids is 3. The molecule has 124 valence electrons. The monoisotopic (exact) mass is 337 g/mol. The first-order chi connectivity index (χ1) is 11.1. The van der Waals surface area contributed by atoms with E-state index >= 15 is 0 Å². The minimum atomic E-state index is -0.973. The summed E-state index contributed by atoms with van der Waals surface area (Å²) in [7, 11) is 0.